The van der Waals surface area contributed by atoms with Crippen molar-refractivity contribution in [1.29, 1.82) is 0 Å². The molecule has 1 atom stereocenters. The summed E-state index contributed by atoms with van der Waals surface area (Å²) in [6.45, 7) is 7.38. The maximum atomic E-state index is 5.85. The van der Waals surface area contributed by atoms with Gasteiger partial charge in [0, 0.05) is 31.4 Å². The number of benzene rings is 1. The molecule has 0 saturated carbocycles. The maximum absolute atomic E-state index is 5.85. The summed E-state index contributed by atoms with van der Waals surface area (Å²) in [6, 6.07) is 8.70. The van der Waals surface area contributed by atoms with E-state index in [2.05, 4.69) is 30.9 Å². The van der Waals surface area contributed by atoms with E-state index in [9.17, 15) is 0 Å². The molecule has 1 saturated heterocycles. The van der Waals surface area contributed by atoms with Gasteiger partial charge in [-0.15, -0.1) is 0 Å². The van der Waals surface area contributed by atoms with Gasteiger partial charge in [0.05, 0.1) is 6.10 Å². The van der Waals surface area contributed by atoms with Gasteiger partial charge >= 0.3 is 0 Å². The zero-order valence-corrected chi connectivity index (χ0v) is 12.1. The zero-order chi connectivity index (χ0) is 13.7. The number of hydrogen-bond acceptors (Lipinski definition) is 3. The van der Waals surface area contributed by atoms with Crippen LogP contribution in [0.1, 0.15) is 38.7 Å². The lowest BCUT2D eigenvalue weighted by molar-refractivity contribution is -0.0129. The van der Waals surface area contributed by atoms with Crippen LogP contribution in [0.15, 0.2) is 24.3 Å². The van der Waals surface area contributed by atoms with E-state index in [0.717, 1.165) is 25.4 Å². The van der Waals surface area contributed by atoms with Crippen LogP contribution in [0, 0.1) is 0 Å². The molecule has 0 bridgehead atoms. The van der Waals surface area contributed by atoms with E-state index in [0.29, 0.717) is 12.1 Å². The van der Waals surface area contributed by atoms with E-state index in [1.54, 1.807) is 0 Å². The molecule has 0 radical (unpaired) electrons. The quantitative estimate of drug-likeness (QED) is 0.829. The van der Waals surface area contributed by atoms with Crippen molar-refractivity contribution in [2.75, 3.05) is 18.9 Å². The second-order valence-electron chi connectivity index (χ2n) is 5.76. The van der Waals surface area contributed by atoms with Crippen molar-refractivity contribution in [3.8, 4) is 0 Å². The first kappa shape index (κ1) is 14.4. The molecule has 1 unspecified atom stereocenters. The lowest BCUT2D eigenvalue weighted by Crippen LogP contribution is -2.39. The molecule has 2 N–H and O–H groups in total. The van der Waals surface area contributed by atoms with Gasteiger partial charge in [-0.1, -0.05) is 12.1 Å². The summed E-state index contributed by atoms with van der Waals surface area (Å²) in [4.78, 5) is 2.48. The standard InChI is InChI=1S/C16H26N2O/c1-13(2)18(12-16-8-3-4-9-19-16)11-14-6-5-7-15(17)10-14/h5-7,10,13,16H,3-4,8-9,11-12,17H2,1-2H3. The van der Waals surface area contributed by atoms with Crippen molar-refractivity contribution in [3.05, 3.63) is 29.8 Å². The summed E-state index contributed by atoms with van der Waals surface area (Å²) in [5, 5.41) is 0. The first-order chi connectivity index (χ1) is 9.15. The fraction of sp³-hybridized carbons (Fsp3) is 0.625. The Balaban J connectivity index is 1.95. The molecule has 2 rings (SSSR count). The Bertz CT molecular complexity index is 386. The first-order valence-electron chi connectivity index (χ1n) is 7.35. The van der Waals surface area contributed by atoms with Crippen molar-refractivity contribution in [2.24, 2.45) is 0 Å². The van der Waals surface area contributed by atoms with E-state index in [4.69, 9.17) is 10.5 Å². The lowest BCUT2D eigenvalue weighted by Gasteiger charge is -2.32. The predicted molar refractivity (Wildman–Crippen MR) is 80.0 cm³/mol. The minimum absolute atomic E-state index is 0.400. The summed E-state index contributed by atoms with van der Waals surface area (Å²) in [6.07, 6.45) is 4.11. The Hall–Kier alpha value is -1.06. The van der Waals surface area contributed by atoms with Crippen molar-refractivity contribution in [3.63, 3.8) is 0 Å². The van der Waals surface area contributed by atoms with Crippen LogP contribution in [-0.2, 0) is 11.3 Å². The third kappa shape index (κ3) is 4.51. The van der Waals surface area contributed by atoms with Gasteiger partial charge in [0.1, 0.15) is 0 Å². The molecule has 1 aliphatic heterocycles. The molecule has 19 heavy (non-hydrogen) atoms. The van der Waals surface area contributed by atoms with Gasteiger partial charge in [-0.2, -0.15) is 0 Å². The Labute approximate surface area is 116 Å². The van der Waals surface area contributed by atoms with Crippen LogP contribution in [0.5, 0.6) is 0 Å². The van der Waals surface area contributed by atoms with Crippen LogP contribution in [0.2, 0.25) is 0 Å². The summed E-state index contributed by atoms with van der Waals surface area (Å²) in [7, 11) is 0. The van der Waals surface area contributed by atoms with Crippen molar-refractivity contribution in [1.82, 2.24) is 4.90 Å². The molecule has 0 spiro atoms. The lowest BCUT2D eigenvalue weighted by atomic mass is 10.1. The van der Waals surface area contributed by atoms with Gasteiger partial charge in [0.2, 0.25) is 0 Å². The van der Waals surface area contributed by atoms with Gasteiger partial charge in [0.25, 0.3) is 0 Å². The number of ether oxygens (including phenoxy) is 1. The van der Waals surface area contributed by atoms with E-state index in [1.807, 2.05) is 12.1 Å². The fourth-order valence-corrected chi connectivity index (χ4v) is 2.60. The average molecular weight is 262 g/mol. The summed E-state index contributed by atoms with van der Waals surface area (Å²) < 4.78 is 5.85. The Kier molecular flexibility index (Phi) is 5.23. The van der Waals surface area contributed by atoms with E-state index in [-0.39, 0.29) is 0 Å². The molecule has 0 aliphatic carbocycles. The zero-order valence-electron chi connectivity index (χ0n) is 12.1. The molecule has 1 aromatic rings. The third-order valence-corrected chi connectivity index (χ3v) is 3.78. The Morgan fingerprint density at radius 3 is 2.84 bits per heavy atom. The molecule has 1 aromatic carbocycles. The SMILES string of the molecule is CC(C)N(Cc1cccc(N)c1)CC1CCCCO1. The molecule has 1 aliphatic rings. The second kappa shape index (κ2) is 6.92. The third-order valence-electron chi connectivity index (χ3n) is 3.78. The molecular weight excluding hydrogens is 236 g/mol. The van der Waals surface area contributed by atoms with Crippen molar-refractivity contribution in [2.45, 2.75) is 51.8 Å². The minimum atomic E-state index is 0.400. The van der Waals surface area contributed by atoms with Gasteiger partial charge < -0.3 is 10.5 Å². The first-order valence-corrected chi connectivity index (χ1v) is 7.35. The number of anilines is 1. The smallest absolute Gasteiger partial charge is 0.0702 e. The fourth-order valence-electron chi connectivity index (χ4n) is 2.60. The van der Waals surface area contributed by atoms with Gasteiger partial charge in [-0.3, -0.25) is 4.90 Å². The predicted octanol–water partition coefficient (Wildman–Crippen LogP) is 3.05. The number of hydrogen-bond donors (Lipinski definition) is 1. The summed E-state index contributed by atoms with van der Waals surface area (Å²) in [5.41, 5.74) is 7.98. The molecule has 1 fully saturated rings. The normalized spacial score (nSPS) is 20.1. The number of nitrogens with two attached hydrogens (primary N) is 1. The summed E-state index contributed by atoms with van der Waals surface area (Å²) in [5.74, 6) is 0. The molecule has 0 aromatic heterocycles. The van der Waals surface area contributed by atoms with Crippen LogP contribution < -0.4 is 5.73 Å². The molecule has 1 heterocycles. The van der Waals surface area contributed by atoms with Gasteiger partial charge in [0.15, 0.2) is 0 Å². The minimum Gasteiger partial charge on any atom is -0.399 e. The van der Waals surface area contributed by atoms with Crippen LogP contribution in [0.4, 0.5) is 5.69 Å². The van der Waals surface area contributed by atoms with Crippen molar-refractivity contribution >= 4 is 5.69 Å². The number of nitrogen functional groups attached to an aromatic ring is 1. The average Bonchev–Trinajstić information content (AvgIpc) is 2.39. The van der Waals surface area contributed by atoms with E-state index < -0.39 is 0 Å². The molecule has 0 amide bonds. The van der Waals surface area contributed by atoms with Crippen LogP contribution >= 0.6 is 0 Å². The van der Waals surface area contributed by atoms with Gasteiger partial charge in [-0.05, 0) is 50.8 Å². The second-order valence-corrected chi connectivity index (χ2v) is 5.76. The highest BCUT2D eigenvalue weighted by Gasteiger charge is 2.19. The Morgan fingerprint density at radius 2 is 2.21 bits per heavy atom. The van der Waals surface area contributed by atoms with Crippen LogP contribution in [0.3, 0.4) is 0 Å². The topological polar surface area (TPSA) is 38.5 Å². The highest BCUT2D eigenvalue weighted by atomic mass is 16.5. The molecule has 3 nitrogen and oxygen atoms in total. The molecular formula is C16H26N2O. The molecule has 3 heteroatoms. The number of rotatable bonds is 5. The highest BCUT2D eigenvalue weighted by molar-refractivity contribution is 5.40. The monoisotopic (exact) mass is 262 g/mol. The van der Waals surface area contributed by atoms with E-state index >= 15 is 0 Å². The van der Waals surface area contributed by atoms with Crippen LogP contribution in [-0.4, -0.2) is 30.2 Å². The number of nitrogens with zero attached hydrogens (tertiary/aromatic N) is 1. The maximum Gasteiger partial charge on any atom is 0.0702 e. The van der Waals surface area contributed by atoms with Gasteiger partial charge in [-0.25, -0.2) is 0 Å². The summed E-state index contributed by atoms with van der Waals surface area (Å²) >= 11 is 0. The van der Waals surface area contributed by atoms with Crippen molar-refractivity contribution < 1.29 is 4.74 Å². The molecule has 106 valence electrons. The highest BCUT2D eigenvalue weighted by Crippen LogP contribution is 2.17. The Morgan fingerprint density at radius 1 is 1.37 bits per heavy atom. The van der Waals surface area contributed by atoms with E-state index in [1.165, 1.54) is 24.8 Å². The largest absolute Gasteiger partial charge is 0.399 e. The van der Waals surface area contributed by atoms with Crippen LogP contribution in [0.25, 0.3) is 0 Å².